The second-order valence-electron chi connectivity index (χ2n) is 2.64. The minimum absolute atomic E-state index is 0. The van der Waals surface area contributed by atoms with E-state index in [-0.39, 0.29) is 26.2 Å². The van der Waals surface area contributed by atoms with Crippen LogP contribution in [0.3, 0.4) is 0 Å². The molecule has 0 spiro atoms. The van der Waals surface area contributed by atoms with Crippen LogP contribution in [0, 0.1) is 0 Å². The number of hydrogen-bond acceptors (Lipinski definition) is 2. The number of rotatable bonds is 3. The standard InChI is InChI=1S/C4HF9O3S.Zr/c5-1(6,3(9,10)11)2(7,8)4(12,13)17(14,15)16;/h(H,14,15,16);. The molecule has 0 fully saturated rings. The van der Waals surface area contributed by atoms with Crippen LogP contribution in [0.4, 0.5) is 39.5 Å². The van der Waals surface area contributed by atoms with Gasteiger partial charge in [0.15, 0.2) is 0 Å². The second-order valence-corrected chi connectivity index (χ2v) is 4.10. The molecule has 0 heterocycles. The van der Waals surface area contributed by atoms with E-state index in [0.717, 1.165) is 0 Å². The van der Waals surface area contributed by atoms with Gasteiger partial charge < -0.3 is 0 Å². The third-order valence-electron chi connectivity index (χ3n) is 1.44. The molecule has 0 aliphatic rings. The fourth-order valence-electron chi connectivity index (χ4n) is 0.523. The van der Waals surface area contributed by atoms with E-state index in [1.807, 2.05) is 0 Å². The maximum absolute atomic E-state index is 12.2. The van der Waals surface area contributed by atoms with Crippen LogP contribution in [0.5, 0.6) is 0 Å². The molecule has 0 aromatic rings. The van der Waals surface area contributed by atoms with E-state index in [0.29, 0.717) is 0 Å². The largest absolute Gasteiger partial charge is 0.460 e. The Morgan fingerprint density at radius 3 is 1.17 bits per heavy atom. The van der Waals surface area contributed by atoms with Crippen LogP contribution in [0.1, 0.15) is 0 Å². The smallest absolute Gasteiger partial charge is 0.281 e. The van der Waals surface area contributed by atoms with Crippen molar-refractivity contribution in [3.63, 3.8) is 0 Å². The van der Waals surface area contributed by atoms with E-state index in [4.69, 9.17) is 4.55 Å². The zero-order valence-electron chi connectivity index (χ0n) is 7.57. The summed E-state index contributed by atoms with van der Waals surface area (Å²) in [6.45, 7) is 0. The van der Waals surface area contributed by atoms with Crippen LogP contribution in [0.25, 0.3) is 0 Å². The number of halogens is 9. The molecule has 0 saturated heterocycles. The van der Waals surface area contributed by atoms with Crippen molar-refractivity contribution < 1.29 is 78.7 Å². The molecule has 0 aliphatic carbocycles. The van der Waals surface area contributed by atoms with Crippen LogP contribution in [0.2, 0.25) is 0 Å². The summed E-state index contributed by atoms with van der Waals surface area (Å²) in [4.78, 5) is 0. The molecule has 0 radical (unpaired) electrons. The molecule has 18 heavy (non-hydrogen) atoms. The van der Waals surface area contributed by atoms with Gasteiger partial charge in [-0.3, -0.25) is 4.55 Å². The third kappa shape index (κ3) is 2.84. The van der Waals surface area contributed by atoms with Crippen LogP contribution in [-0.4, -0.2) is 36.2 Å². The van der Waals surface area contributed by atoms with Gasteiger partial charge in [0.1, 0.15) is 0 Å². The van der Waals surface area contributed by atoms with Gasteiger partial charge in [0.2, 0.25) is 0 Å². The molecule has 0 atom stereocenters. The average molecular weight is 391 g/mol. The molecule has 0 unspecified atom stereocenters. The summed E-state index contributed by atoms with van der Waals surface area (Å²) in [5.74, 6) is -14.7. The Kier molecular flexibility index (Phi) is 5.61. The van der Waals surface area contributed by atoms with E-state index in [9.17, 15) is 47.9 Å². The van der Waals surface area contributed by atoms with E-state index in [1.54, 1.807) is 0 Å². The SMILES string of the molecule is O=S(=O)(O)C(F)(F)C(F)(F)C(F)(F)C(F)(F)F.[Zr]. The van der Waals surface area contributed by atoms with Crippen molar-refractivity contribution in [2.75, 3.05) is 0 Å². The molecule has 0 bridgehead atoms. The van der Waals surface area contributed by atoms with Crippen LogP contribution >= 0.6 is 0 Å². The van der Waals surface area contributed by atoms with E-state index >= 15 is 0 Å². The van der Waals surface area contributed by atoms with Gasteiger partial charge in [-0.25, -0.2) is 0 Å². The van der Waals surface area contributed by atoms with Gasteiger partial charge >= 0.3 is 33.4 Å². The summed E-state index contributed by atoms with van der Waals surface area (Å²) in [5.41, 5.74) is 0. The summed E-state index contributed by atoms with van der Waals surface area (Å²) in [6.07, 6.45) is -7.13. The van der Waals surface area contributed by atoms with Crippen LogP contribution in [0.15, 0.2) is 0 Å². The molecule has 3 nitrogen and oxygen atoms in total. The predicted molar refractivity (Wildman–Crippen MR) is 32.4 cm³/mol. The first-order valence-electron chi connectivity index (χ1n) is 3.17. The van der Waals surface area contributed by atoms with Gasteiger partial charge in [-0.1, -0.05) is 0 Å². The quantitative estimate of drug-likeness (QED) is 0.594. The maximum Gasteiger partial charge on any atom is 0.460 e. The number of alkyl halides is 9. The molecule has 0 aromatic heterocycles. The average Bonchev–Trinajstić information content (AvgIpc) is 1.98. The first kappa shape index (κ1) is 20.5. The van der Waals surface area contributed by atoms with Crippen molar-refractivity contribution in [2.24, 2.45) is 0 Å². The molecule has 108 valence electrons. The van der Waals surface area contributed by atoms with Crippen LogP contribution in [-0.2, 0) is 36.3 Å². The van der Waals surface area contributed by atoms with Crippen molar-refractivity contribution in [2.45, 2.75) is 23.3 Å². The molecule has 0 amide bonds. The Labute approximate surface area is 112 Å². The van der Waals surface area contributed by atoms with Gasteiger partial charge in [-0.05, 0) is 0 Å². The van der Waals surface area contributed by atoms with Gasteiger partial charge in [0.05, 0.1) is 0 Å². The Hall–Kier alpha value is 0.163. The Morgan fingerprint density at radius 1 is 0.722 bits per heavy atom. The molecule has 14 heteroatoms. The summed E-state index contributed by atoms with van der Waals surface area (Å²) in [7, 11) is -7.17. The fraction of sp³-hybridized carbons (Fsp3) is 1.00. The van der Waals surface area contributed by atoms with Gasteiger partial charge in [0, 0.05) is 26.2 Å². The van der Waals surface area contributed by atoms with Crippen LogP contribution < -0.4 is 0 Å². The van der Waals surface area contributed by atoms with Crippen molar-refractivity contribution in [3.8, 4) is 0 Å². The Morgan fingerprint density at radius 2 is 1.00 bits per heavy atom. The normalized spacial score (nSPS) is 15.2. The molecular weight excluding hydrogens is 390 g/mol. The molecule has 0 aliphatic heterocycles. The zero-order chi connectivity index (χ0) is 14.5. The van der Waals surface area contributed by atoms with Crippen molar-refractivity contribution in [3.05, 3.63) is 0 Å². The Balaban J connectivity index is 0. The van der Waals surface area contributed by atoms with Gasteiger partial charge in [-0.2, -0.15) is 47.9 Å². The topological polar surface area (TPSA) is 54.4 Å². The summed E-state index contributed by atoms with van der Waals surface area (Å²) < 4.78 is 134. The molecule has 0 rings (SSSR count). The monoisotopic (exact) mass is 390 g/mol. The summed E-state index contributed by atoms with van der Waals surface area (Å²) in [6, 6.07) is 0. The molecule has 0 aromatic carbocycles. The third-order valence-corrected chi connectivity index (χ3v) is 2.34. The van der Waals surface area contributed by atoms with Crippen molar-refractivity contribution in [1.29, 1.82) is 0 Å². The van der Waals surface area contributed by atoms with E-state index < -0.39 is 33.4 Å². The molecule has 1 N–H and O–H groups in total. The second kappa shape index (κ2) is 4.93. The summed E-state index contributed by atoms with van der Waals surface area (Å²) >= 11 is 0. The molecule has 0 saturated carbocycles. The van der Waals surface area contributed by atoms with E-state index in [1.165, 1.54) is 0 Å². The minimum atomic E-state index is -7.37. The first-order chi connectivity index (χ1) is 7.00. The van der Waals surface area contributed by atoms with Crippen molar-refractivity contribution in [1.82, 2.24) is 0 Å². The Bertz CT molecular complexity index is 399. The zero-order valence-corrected chi connectivity index (χ0v) is 10.8. The van der Waals surface area contributed by atoms with Crippen molar-refractivity contribution >= 4 is 10.1 Å². The maximum atomic E-state index is 12.2. The predicted octanol–water partition coefficient (Wildman–Crippen LogP) is 2.30. The summed E-state index contributed by atoms with van der Waals surface area (Å²) in [5, 5.41) is -7.00. The van der Waals surface area contributed by atoms with Gasteiger partial charge in [-0.15, -0.1) is 0 Å². The number of hydrogen-bond donors (Lipinski definition) is 1. The fourth-order valence-corrected chi connectivity index (χ4v) is 0.975. The van der Waals surface area contributed by atoms with E-state index in [2.05, 4.69) is 0 Å². The minimum Gasteiger partial charge on any atom is -0.281 e. The van der Waals surface area contributed by atoms with Gasteiger partial charge in [0.25, 0.3) is 0 Å². The molecular formula is C4HF9O3SZr. The first-order valence-corrected chi connectivity index (χ1v) is 4.61.